The summed E-state index contributed by atoms with van der Waals surface area (Å²) in [6, 6.07) is 11.6. The fraction of sp³-hybridized carbons (Fsp3) is 0.381. The summed E-state index contributed by atoms with van der Waals surface area (Å²) in [6.07, 6.45) is 1.27. The number of carbonyl (C=O) groups is 2. The van der Waals surface area contributed by atoms with Crippen LogP contribution in [0.2, 0.25) is 0 Å². The van der Waals surface area contributed by atoms with Gasteiger partial charge in [-0.25, -0.2) is 9.78 Å². The highest BCUT2D eigenvalue weighted by Gasteiger charge is 2.46. The molecule has 0 saturated carbocycles. The second-order valence-corrected chi connectivity index (χ2v) is 7.01. The second-order valence-electron chi connectivity index (χ2n) is 7.01. The Hall–Kier alpha value is -3.13. The zero-order valence-corrected chi connectivity index (χ0v) is 16.9. The highest BCUT2D eigenvalue weighted by Crippen LogP contribution is 2.27. The van der Waals surface area contributed by atoms with Gasteiger partial charge in [-0.2, -0.15) is 0 Å². The molecule has 1 aliphatic heterocycles. The lowest BCUT2D eigenvalue weighted by Crippen LogP contribution is -2.67. The number of nitrogens with one attached hydrogen (secondary N) is 1. The Balaban J connectivity index is 1.87. The van der Waals surface area contributed by atoms with E-state index < -0.39 is 11.8 Å². The molecule has 0 radical (unpaired) electrons. The second kappa shape index (κ2) is 8.48. The molecule has 154 valence electrons. The van der Waals surface area contributed by atoms with Gasteiger partial charge in [0.05, 0.1) is 13.7 Å². The molecule has 1 aromatic carbocycles. The monoisotopic (exact) mass is 398 g/mol. The Bertz CT molecular complexity index is 869. The van der Waals surface area contributed by atoms with E-state index in [9.17, 15) is 14.7 Å². The van der Waals surface area contributed by atoms with Crippen LogP contribution in [0.1, 0.15) is 13.3 Å². The standard InChI is InChI=1S/C21H26N4O4/c1-15(26)21(22-2)14-24(11-4-12-25(21)20(27)28)19-10-7-17(13-23-19)16-5-8-18(29-3)9-6-16/h5-10,13,22H,4,11-12,14H2,1-3H3,(H,27,28). The van der Waals surface area contributed by atoms with Crippen molar-refractivity contribution in [1.82, 2.24) is 15.2 Å². The van der Waals surface area contributed by atoms with Crippen LogP contribution in [0.5, 0.6) is 5.75 Å². The first kappa shape index (κ1) is 20.6. The molecule has 8 nitrogen and oxygen atoms in total. The molecule has 29 heavy (non-hydrogen) atoms. The van der Waals surface area contributed by atoms with Crippen molar-refractivity contribution in [3.8, 4) is 16.9 Å². The molecular formula is C21H26N4O4. The number of hydrogen-bond acceptors (Lipinski definition) is 6. The number of aromatic nitrogens is 1. The van der Waals surface area contributed by atoms with Crippen molar-refractivity contribution in [2.75, 3.05) is 38.7 Å². The first-order valence-electron chi connectivity index (χ1n) is 9.47. The highest BCUT2D eigenvalue weighted by molar-refractivity contribution is 5.90. The smallest absolute Gasteiger partial charge is 0.409 e. The Morgan fingerprint density at radius 2 is 1.83 bits per heavy atom. The molecule has 1 aromatic heterocycles. The summed E-state index contributed by atoms with van der Waals surface area (Å²) >= 11 is 0. The lowest BCUT2D eigenvalue weighted by atomic mass is 10.0. The van der Waals surface area contributed by atoms with Gasteiger partial charge in [0.15, 0.2) is 11.4 Å². The van der Waals surface area contributed by atoms with Gasteiger partial charge in [0.25, 0.3) is 0 Å². The lowest BCUT2D eigenvalue weighted by molar-refractivity contribution is -0.129. The molecule has 1 aliphatic rings. The maximum Gasteiger partial charge on any atom is 0.409 e. The van der Waals surface area contributed by atoms with Crippen LogP contribution < -0.4 is 15.0 Å². The molecule has 1 unspecified atom stereocenters. The van der Waals surface area contributed by atoms with Gasteiger partial charge in [0.2, 0.25) is 0 Å². The van der Waals surface area contributed by atoms with Crippen molar-refractivity contribution < 1.29 is 19.4 Å². The molecule has 2 aromatic rings. The number of rotatable bonds is 5. The molecule has 2 heterocycles. The van der Waals surface area contributed by atoms with Crippen molar-refractivity contribution in [1.29, 1.82) is 0 Å². The topological polar surface area (TPSA) is 95.0 Å². The van der Waals surface area contributed by atoms with Crippen LogP contribution in [0.4, 0.5) is 10.6 Å². The average molecular weight is 398 g/mol. The number of carboxylic acid groups (broad SMARTS) is 1. The van der Waals surface area contributed by atoms with Crippen LogP contribution in [0.15, 0.2) is 42.6 Å². The number of ketones is 1. The van der Waals surface area contributed by atoms with E-state index in [1.54, 1.807) is 20.4 Å². The van der Waals surface area contributed by atoms with Gasteiger partial charge in [0, 0.05) is 24.8 Å². The third-order valence-electron chi connectivity index (χ3n) is 5.41. The molecule has 3 rings (SSSR count). The number of benzene rings is 1. The van der Waals surface area contributed by atoms with Crippen molar-refractivity contribution in [3.63, 3.8) is 0 Å². The lowest BCUT2D eigenvalue weighted by Gasteiger charge is -2.40. The Labute approximate surface area is 170 Å². The van der Waals surface area contributed by atoms with Crippen LogP contribution >= 0.6 is 0 Å². The number of carbonyl (C=O) groups excluding carboxylic acids is 1. The van der Waals surface area contributed by atoms with E-state index in [0.717, 1.165) is 16.9 Å². The minimum absolute atomic E-state index is 0.194. The van der Waals surface area contributed by atoms with Crippen molar-refractivity contribution >= 4 is 17.7 Å². The number of amides is 1. The number of pyridine rings is 1. The third-order valence-corrected chi connectivity index (χ3v) is 5.41. The average Bonchev–Trinajstić information content (AvgIpc) is 2.95. The molecule has 1 saturated heterocycles. The number of nitrogens with zero attached hydrogens (tertiary/aromatic N) is 3. The molecule has 2 N–H and O–H groups in total. The molecule has 8 heteroatoms. The van der Waals surface area contributed by atoms with E-state index in [0.29, 0.717) is 18.8 Å². The Morgan fingerprint density at radius 3 is 2.34 bits per heavy atom. The Morgan fingerprint density at radius 1 is 1.14 bits per heavy atom. The quantitative estimate of drug-likeness (QED) is 0.799. The van der Waals surface area contributed by atoms with Crippen LogP contribution in [-0.4, -0.2) is 66.3 Å². The summed E-state index contributed by atoms with van der Waals surface area (Å²) < 4.78 is 5.19. The fourth-order valence-electron chi connectivity index (χ4n) is 3.72. The SMILES string of the molecule is CNC1(C(C)=O)CN(c2ccc(-c3ccc(OC)cc3)cn2)CCCN1C(=O)O. The summed E-state index contributed by atoms with van der Waals surface area (Å²) in [4.78, 5) is 32.0. The van der Waals surface area contributed by atoms with E-state index in [1.807, 2.05) is 41.3 Å². The van der Waals surface area contributed by atoms with Gasteiger partial charge < -0.3 is 14.7 Å². The van der Waals surface area contributed by atoms with Crippen LogP contribution in [0, 0.1) is 0 Å². The van der Waals surface area contributed by atoms with Gasteiger partial charge in [-0.3, -0.25) is 15.0 Å². The number of ether oxygens (including phenoxy) is 1. The number of Topliss-reactive ketones (excluding diaryl/α,β-unsaturated/α-hetero) is 1. The van der Waals surface area contributed by atoms with Gasteiger partial charge in [-0.15, -0.1) is 0 Å². The van der Waals surface area contributed by atoms with E-state index in [4.69, 9.17) is 4.74 Å². The van der Waals surface area contributed by atoms with Gasteiger partial charge in [0.1, 0.15) is 11.6 Å². The summed E-state index contributed by atoms with van der Waals surface area (Å²) in [7, 11) is 3.24. The molecule has 1 atom stereocenters. The molecule has 0 spiro atoms. The van der Waals surface area contributed by atoms with Crippen LogP contribution in [0.25, 0.3) is 11.1 Å². The maximum absolute atomic E-state index is 12.5. The maximum atomic E-state index is 12.5. The summed E-state index contributed by atoms with van der Waals surface area (Å²) in [5, 5.41) is 12.6. The van der Waals surface area contributed by atoms with Gasteiger partial charge in [-0.05, 0) is 50.2 Å². The number of likely N-dealkylation sites (N-methyl/N-ethyl adjacent to an activating group) is 1. The van der Waals surface area contributed by atoms with Crippen molar-refractivity contribution in [2.24, 2.45) is 0 Å². The first-order valence-corrected chi connectivity index (χ1v) is 9.47. The number of anilines is 1. The van der Waals surface area contributed by atoms with Crippen LogP contribution in [0.3, 0.4) is 0 Å². The van der Waals surface area contributed by atoms with E-state index in [1.165, 1.54) is 11.8 Å². The normalized spacial score (nSPS) is 19.6. The summed E-state index contributed by atoms with van der Waals surface area (Å²) in [6.45, 7) is 2.49. The number of methoxy groups -OCH3 is 1. The van der Waals surface area contributed by atoms with Crippen molar-refractivity contribution in [3.05, 3.63) is 42.6 Å². The third kappa shape index (κ3) is 4.02. The van der Waals surface area contributed by atoms with Gasteiger partial charge in [-0.1, -0.05) is 12.1 Å². The Kier molecular flexibility index (Phi) is 6.03. The van der Waals surface area contributed by atoms with E-state index in [-0.39, 0.29) is 18.9 Å². The summed E-state index contributed by atoms with van der Waals surface area (Å²) in [5.41, 5.74) is 0.675. The molecule has 1 amide bonds. The predicted octanol–water partition coefficient (Wildman–Crippen LogP) is 2.45. The zero-order valence-electron chi connectivity index (χ0n) is 16.9. The number of hydrogen-bond donors (Lipinski definition) is 2. The van der Waals surface area contributed by atoms with Gasteiger partial charge >= 0.3 is 6.09 Å². The molecule has 0 aliphatic carbocycles. The highest BCUT2D eigenvalue weighted by atomic mass is 16.5. The minimum Gasteiger partial charge on any atom is -0.497 e. The fourth-order valence-corrected chi connectivity index (χ4v) is 3.72. The summed E-state index contributed by atoms with van der Waals surface area (Å²) in [5.74, 6) is 1.25. The minimum atomic E-state index is -1.31. The van der Waals surface area contributed by atoms with Crippen molar-refractivity contribution in [2.45, 2.75) is 19.0 Å². The molecule has 0 bridgehead atoms. The first-order chi connectivity index (χ1) is 13.9. The largest absolute Gasteiger partial charge is 0.497 e. The predicted molar refractivity (Wildman–Crippen MR) is 110 cm³/mol. The van der Waals surface area contributed by atoms with E-state index >= 15 is 0 Å². The zero-order chi connectivity index (χ0) is 21.0. The molecular weight excluding hydrogens is 372 g/mol. The van der Waals surface area contributed by atoms with E-state index in [2.05, 4.69) is 10.3 Å². The van der Waals surface area contributed by atoms with Crippen LogP contribution in [-0.2, 0) is 4.79 Å². The molecule has 1 fully saturated rings.